The largest absolute Gasteiger partial charge is 0.478 e. The number of hydrogen-bond acceptors (Lipinski definition) is 3. The smallest absolute Gasteiger partial charge is 0.328 e. The van der Waals surface area contributed by atoms with Crippen molar-refractivity contribution in [3.8, 4) is 0 Å². The Morgan fingerprint density at radius 1 is 1.47 bits per heavy atom. The summed E-state index contributed by atoms with van der Waals surface area (Å²) in [7, 11) is 0. The number of nitrogens with one attached hydrogen (secondary N) is 1. The van der Waals surface area contributed by atoms with E-state index in [-0.39, 0.29) is 6.54 Å². The van der Waals surface area contributed by atoms with Crippen LogP contribution in [0.15, 0.2) is 28.7 Å². The fourth-order valence-corrected chi connectivity index (χ4v) is 0.960. The lowest BCUT2D eigenvalue weighted by Gasteiger charge is -1.97. The molecule has 5 heteroatoms. The van der Waals surface area contributed by atoms with Crippen molar-refractivity contribution >= 4 is 11.9 Å². The first-order valence-corrected chi connectivity index (χ1v) is 4.32. The molecular formula is C10H11NO4. The quantitative estimate of drug-likeness (QED) is 0.720. The highest BCUT2D eigenvalue weighted by Gasteiger charge is 2.00. The standard InChI is InChI=1S/C10H11NO4/c1-7-2-3-8(15-7)6-11-9(12)4-5-10(13)14/h2-5H,6H2,1H3,(H,11,12)(H,13,14). The number of furan rings is 1. The van der Waals surface area contributed by atoms with Crippen LogP contribution in [0.5, 0.6) is 0 Å². The third-order valence-corrected chi connectivity index (χ3v) is 1.61. The van der Waals surface area contributed by atoms with Gasteiger partial charge in [-0.15, -0.1) is 0 Å². The molecule has 0 spiro atoms. The molecule has 0 fully saturated rings. The van der Waals surface area contributed by atoms with E-state index in [0.29, 0.717) is 5.76 Å². The van der Waals surface area contributed by atoms with Gasteiger partial charge in [-0.05, 0) is 19.1 Å². The van der Waals surface area contributed by atoms with Gasteiger partial charge >= 0.3 is 5.97 Å². The topological polar surface area (TPSA) is 79.5 Å². The molecule has 0 saturated heterocycles. The van der Waals surface area contributed by atoms with E-state index in [1.807, 2.05) is 0 Å². The summed E-state index contributed by atoms with van der Waals surface area (Å²) >= 11 is 0. The van der Waals surface area contributed by atoms with E-state index < -0.39 is 11.9 Å². The monoisotopic (exact) mass is 209 g/mol. The maximum atomic E-state index is 11.0. The minimum Gasteiger partial charge on any atom is -0.478 e. The number of aliphatic carboxylic acids is 1. The molecule has 0 unspecified atom stereocenters. The first-order valence-electron chi connectivity index (χ1n) is 4.32. The van der Waals surface area contributed by atoms with Crippen LogP contribution < -0.4 is 5.32 Å². The molecule has 1 aromatic rings. The van der Waals surface area contributed by atoms with Crippen LogP contribution in [0.25, 0.3) is 0 Å². The Morgan fingerprint density at radius 3 is 2.73 bits per heavy atom. The van der Waals surface area contributed by atoms with Crippen molar-refractivity contribution < 1.29 is 19.1 Å². The molecule has 0 atom stereocenters. The normalized spacial score (nSPS) is 10.5. The van der Waals surface area contributed by atoms with Gasteiger partial charge in [0.2, 0.25) is 5.91 Å². The maximum absolute atomic E-state index is 11.0. The molecule has 2 N–H and O–H groups in total. The molecule has 5 nitrogen and oxygen atoms in total. The molecular weight excluding hydrogens is 198 g/mol. The van der Waals surface area contributed by atoms with E-state index in [4.69, 9.17) is 9.52 Å². The molecule has 1 heterocycles. The van der Waals surface area contributed by atoms with Crippen LogP contribution in [0.3, 0.4) is 0 Å². The number of carboxylic acid groups (broad SMARTS) is 1. The van der Waals surface area contributed by atoms with Crippen LogP contribution in [0.2, 0.25) is 0 Å². The van der Waals surface area contributed by atoms with E-state index in [0.717, 1.165) is 17.9 Å². The van der Waals surface area contributed by atoms with Crippen LogP contribution in [-0.4, -0.2) is 17.0 Å². The fraction of sp³-hybridized carbons (Fsp3) is 0.200. The number of carbonyl (C=O) groups excluding carboxylic acids is 1. The van der Waals surface area contributed by atoms with Gasteiger partial charge in [-0.3, -0.25) is 4.79 Å². The van der Waals surface area contributed by atoms with E-state index in [1.54, 1.807) is 19.1 Å². The second kappa shape index (κ2) is 4.99. The van der Waals surface area contributed by atoms with E-state index in [2.05, 4.69) is 5.32 Å². The summed E-state index contributed by atoms with van der Waals surface area (Å²) in [6.45, 7) is 2.05. The minimum atomic E-state index is -1.15. The third kappa shape index (κ3) is 4.12. The van der Waals surface area contributed by atoms with Gasteiger partial charge in [-0.25, -0.2) is 4.79 Å². The van der Waals surface area contributed by atoms with Crippen LogP contribution >= 0.6 is 0 Å². The van der Waals surface area contributed by atoms with Crippen LogP contribution in [-0.2, 0) is 16.1 Å². The highest BCUT2D eigenvalue weighted by atomic mass is 16.4. The van der Waals surface area contributed by atoms with Crippen molar-refractivity contribution in [2.24, 2.45) is 0 Å². The molecule has 0 aliphatic heterocycles. The average molecular weight is 209 g/mol. The molecule has 1 amide bonds. The number of hydrogen-bond donors (Lipinski definition) is 2. The van der Waals surface area contributed by atoms with Gasteiger partial charge in [0.25, 0.3) is 0 Å². The molecule has 0 aliphatic carbocycles. The van der Waals surface area contributed by atoms with Crippen molar-refractivity contribution in [3.63, 3.8) is 0 Å². The Morgan fingerprint density at radius 2 is 2.20 bits per heavy atom. The minimum absolute atomic E-state index is 0.247. The van der Waals surface area contributed by atoms with Gasteiger partial charge in [-0.2, -0.15) is 0 Å². The number of aryl methyl sites for hydroxylation is 1. The second-order valence-electron chi connectivity index (χ2n) is 2.90. The average Bonchev–Trinajstić information content (AvgIpc) is 2.58. The SMILES string of the molecule is Cc1ccc(CNC(=O)C=CC(=O)O)o1. The lowest BCUT2D eigenvalue weighted by molar-refractivity contribution is -0.131. The van der Waals surface area contributed by atoms with Crippen LogP contribution in [0.1, 0.15) is 11.5 Å². The molecule has 1 rings (SSSR count). The summed E-state index contributed by atoms with van der Waals surface area (Å²) < 4.78 is 5.20. The molecule has 0 aromatic carbocycles. The highest BCUT2D eigenvalue weighted by Crippen LogP contribution is 2.05. The second-order valence-corrected chi connectivity index (χ2v) is 2.90. The Kier molecular flexibility index (Phi) is 3.68. The van der Waals surface area contributed by atoms with Gasteiger partial charge in [0, 0.05) is 12.2 Å². The molecule has 1 aromatic heterocycles. The molecule has 0 radical (unpaired) electrons. The lowest BCUT2D eigenvalue weighted by atomic mass is 10.4. The van der Waals surface area contributed by atoms with Gasteiger partial charge < -0.3 is 14.8 Å². The van der Waals surface area contributed by atoms with Gasteiger partial charge in [0.05, 0.1) is 6.54 Å². The van der Waals surface area contributed by atoms with Crippen LogP contribution in [0.4, 0.5) is 0 Å². The highest BCUT2D eigenvalue weighted by molar-refractivity contribution is 5.93. The number of amides is 1. The zero-order valence-electron chi connectivity index (χ0n) is 8.19. The summed E-state index contributed by atoms with van der Waals surface area (Å²) in [6.07, 6.45) is 1.74. The van der Waals surface area contributed by atoms with E-state index in [1.165, 1.54) is 0 Å². The summed E-state index contributed by atoms with van der Waals surface area (Å²) in [5, 5.41) is 10.8. The Hall–Kier alpha value is -2.04. The molecule has 15 heavy (non-hydrogen) atoms. The summed E-state index contributed by atoms with van der Waals surface area (Å²) in [6, 6.07) is 3.53. The van der Waals surface area contributed by atoms with Crippen molar-refractivity contribution in [3.05, 3.63) is 35.8 Å². The lowest BCUT2D eigenvalue weighted by Crippen LogP contribution is -2.20. The zero-order valence-corrected chi connectivity index (χ0v) is 8.19. The Balaban J connectivity index is 2.37. The maximum Gasteiger partial charge on any atom is 0.328 e. The summed E-state index contributed by atoms with van der Waals surface area (Å²) in [4.78, 5) is 21.1. The molecule has 80 valence electrons. The number of carboxylic acids is 1. The molecule has 0 aliphatic rings. The summed E-state index contributed by atoms with van der Waals surface area (Å²) in [5.74, 6) is -0.227. The Bertz CT molecular complexity index is 392. The predicted octanol–water partition coefficient (Wildman–Crippen LogP) is 0.845. The van der Waals surface area contributed by atoms with E-state index in [9.17, 15) is 9.59 Å². The van der Waals surface area contributed by atoms with Crippen molar-refractivity contribution in [1.29, 1.82) is 0 Å². The zero-order chi connectivity index (χ0) is 11.3. The van der Waals surface area contributed by atoms with Crippen molar-refractivity contribution in [1.82, 2.24) is 5.32 Å². The van der Waals surface area contributed by atoms with Crippen molar-refractivity contribution in [2.75, 3.05) is 0 Å². The van der Waals surface area contributed by atoms with Crippen molar-refractivity contribution in [2.45, 2.75) is 13.5 Å². The Labute approximate surface area is 86.4 Å². The van der Waals surface area contributed by atoms with Gasteiger partial charge in [0.15, 0.2) is 0 Å². The first-order chi connectivity index (χ1) is 7.08. The fourth-order valence-electron chi connectivity index (χ4n) is 0.960. The van der Waals surface area contributed by atoms with E-state index >= 15 is 0 Å². The summed E-state index contributed by atoms with van der Waals surface area (Å²) in [5.41, 5.74) is 0. The molecule has 0 bridgehead atoms. The van der Waals surface area contributed by atoms with Crippen LogP contribution in [0, 0.1) is 6.92 Å². The first kappa shape index (κ1) is 11.0. The third-order valence-electron chi connectivity index (χ3n) is 1.61. The van der Waals surface area contributed by atoms with Gasteiger partial charge in [0.1, 0.15) is 11.5 Å². The van der Waals surface area contributed by atoms with Gasteiger partial charge in [-0.1, -0.05) is 0 Å². The molecule has 0 saturated carbocycles. The predicted molar refractivity (Wildman–Crippen MR) is 52.1 cm³/mol. The number of carbonyl (C=O) groups is 2. The number of rotatable bonds is 4.